The third-order valence-electron chi connectivity index (χ3n) is 4.71. The van der Waals surface area contributed by atoms with E-state index in [9.17, 15) is 9.59 Å². The van der Waals surface area contributed by atoms with Crippen molar-refractivity contribution in [1.29, 1.82) is 0 Å². The molecule has 4 rings (SSSR count). The zero-order valence-corrected chi connectivity index (χ0v) is 15.2. The van der Waals surface area contributed by atoms with E-state index in [0.717, 1.165) is 18.6 Å². The zero-order chi connectivity index (χ0) is 18.8. The molecule has 1 aliphatic heterocycles. The van der Waals surface area contributed by atoms with E-state index in [2.05, 4.69) is 5.32 Å². The molecule has 140 valence electrons. The molecule has 6 nitrogen and oxygen atoms in total. The minimum Gasteiger partial charge on any atom is -0.492 e. The molecule has 2 aromatic rings. The van der Waals surface area contributed by atoms with Gasteiger partial charge in [-0.15, -0.1) is 0 Å². The lowest BCUT2D eigenvalue weighted by atomic mass is 10.1. The number of hydrogen-bond acceptors (Lipinski definition) is 4. The van der Waals surface area contributed by atoms with E-state index in [-0.39, 0.29) is 17.7 Å². The van der Waals surface area contributed by atoms with Crippen LogP contribution in [0.25, 0.3) is 0 Å². The Bertz CT molecular complexity index is 849. The summed E-state index contributed by atoms with van der Waals surface area (Å²) in [5.74, 6) is 1.42. The van der Waals surface area contributed by atoms with Crippen molar-refractivity contribution in [2.24, 2.45) is 5.92 Å². The third kappa shape index (κ3) is 3.89. The maximum atomic E-state index is 12.6. The number of para-hydroxylation sites is 1. The second kappa shape index (κ2) is 7.31. The van der Waals surface area contributed by atoms with Crippen LogP contribution < -0.4 is 19.7 Å². The fourth-order valence-corrected chi connectivity index (χ4v) is 3.08. The molecule has 1 saturated carbocycles. The number of ether oxygens (including phenoxy) is 2. The summed E-state index contributed by atoms with van der Waals surface area (Å²) in [5.41, 5.74) is 1.33. The molecule has 27 heavy (non-hydrogen) atoms. The molecule has 0 saturated heterocycles. The van der Waals surface area contributed by atoms with E-state index in [4.69, 9.17) is 9.47 Å². The maximum absolute atomic E-state index is 12.6. The Hall–Kier alpha value is -3.02. The van der Waals surface area contributed by atoms with Crippen LogP contribution in [-0.2, 0) is 9.59 Å². The van der Waals surface area contributed by atoms with E-state index in [0.29, 0.717) is 30.3 Å². The quantitative estimate of drug-likeness (QED) is 0.852. The molecule has 1 N–H and O–H groups in total. The van der Waals surface area contributed by atoms with Crippen molar-refractivity contribution < 1.29 is 19.1 Å². The number of nitrogens with zero attached hydrogens (tertiary/aromatic N) is 1. The van der Waals surface area contributed by atoms with Crippen LogP contribution >= 0.6 is 0 Å². The molecule has 0 aromatic heterocycles. The van der Waals surface area contributed by atoms with Crippen molar-refractivity contribution in [3.05, 3.63) is 48.5 Å². The summed E-state index contributed by atoms with van der Waals surface area (Å²) in [6.45, 7) is 2.49. The number of fused-ring (bicyclic) bond motifs is 1. The predicted octanol–water partition coefficient (Wildman–Crippen LogP) is 3.23. The van der Waals surface area contributed by atoms with E-state index < -0.39 is 6.10 Å². The van der Waals surface area contributed by atoms with Gasteiger partial charge in [-0.1, -0.05) is 18.2 Å². The van der Waals surface area contributed by atoms with Crippen LogP contribution in [0.2, 0.25) is 0 Å². The van der Waals surface area contributed by atoms with Gasteiger partial charge in [0.25, 0.3) is 5.91 Å². The summed E-state index contributed by atoms with van der Waals surface area (Å²) in [5, 5.41) is 2.92. The van der Waals surface area contributed by atoms with Crippen LogP contribution in [0, 0.1) is 5.92 Å². The Labute approximate surface area is 158 Å². The number of amides is 2. The van der Waals surface area contributed by atoms with Crippen molar-refractivity contribution in [3.8, 4) is 11.5 Å². The fourth-order valence-electron chi connectivity index (χ4n) is 3.08. The Morgan fingerprint density at radius 3 is 2.74 bits per heavy atom. The van der Waals surface area contributed by atoms with Crippen LogP contribution in [0.4, 0.5) is 11.4 Å². The molecule has 2 aliphatic rings. The average molecular weight is 366 g/mol. The smallest absolute Gasteiger partial charge is 0.267 e. The van der Waals surface area contributed by atoms with Crippen LogP contribution in [0.1, 0.15) is 19.8 Å². The lowest BCUT2D eigenvalue weighted by Gasteiger charge is -2.33. The second-order valence-electron chi connectivity index (χ2n) is 6.86. The molecule has 0 radical (unpaired) electrons. The van der Waals surface area contributed by atoms with Gasteiger partial charge in [0, 0.05) is 11.6 Å². The summed E-state index contributed by atoms with van der Waals surface area (Å²) in [6, 6.07) is 14.9. The SMILES string of the molecule is CC1Oc2ccc(NC(=O)C3CC3)cc2N(CCOc2ccccc2)C1=O. The summed E-state index contributed by atoms with van der Waals surface area (Å²) in [4.78, 5) is 26.3. The number of hydrogen-bond donors (Lipinski definition) is 1. The van der Waals surface area contributed by atoms with Gasteiger partial charge in [-0.25, -0.2) is 0 Å². The lowest BCUT2D eigenvalue weighted by molar-refractivity contribution is -0.125. The highest BCUT2D eigenvalue weighted by atomic mass is 16.5. The number of carbonyl (C=O) groups is 2. The van der Waals surface area contributed by atoms with Crippen molar-refractivity contribution in [1.82, 2.24) is 0 Å². The zero-order valence-electron chi connectivity index (χ0n) is 15.2. The van der Waals surface area contributed by atoms with Gasteiger partial charge in [-0.3, -0.25) is 9.59 Å². The molecular formula is C21H22N2O4. The first-order chi connectivity index (χ1) is 13.1. The van der Waals surface area contributed by atoms with Gasteiger partial charge in [-0.2, -0.15) is 0 Å². The largest absolute Gasteiger partial charge is 0.492 e. The fraction of sp³-hybridized carbons (Fsp3) is 0.333. The van der Waals surface area contributed by atoms with Crippen LogP contribution in [-0.4, -0.2) is 31.1 Å². The molecule has 1 unspecified atom stereocenters. The second-order valence-corrected chi connectivity index (χ2v) is 6.86. The Morgan fingerprint density at radius 1 is 1.22 bits per heavy atom. The van der Waals surface area contributed by atoms with Gasteiger partial charge in [0.15, 0.2) is 6.10 Å². The first-order valence-electron chi connectivity index (χ1n) is 9.22. The van der Waals surface area contributed by atoms with Crippen molar-refractivity contribution in [2.75, 3.05) is 23.4 Å². The van der Waals surface area contributed by atoms with Gasteiger partial charge in [0.1, 0.15) is 18.1 Å². The van der Waals surface area contributed by atoms with Gasteiger partial charge in [-0.05, 0) is 50.1 Å². The molecule has 0 spiro atoms. The molecule has 1 heterocycles. The highest BCUT2D eigenvalue weighted by Gasteiger charge is 2.33. The highest BCUT2D eigenvalue weighted by Crippen LogP contribution is 2.37. The Balaban J connectivity index is 1.50. The third-order valence-corrected chi connectivity index (χ3v) is 4.71. The number of rotatable bonds is 6. The Morgan fingerprint density at radius 2 is 2.00 bits per heavy atom. The van der Waals surface area contributed by atoms with E-state index in [1.165, 1.54) is 0 Å². The van der Waals surface area contributed by atoms with Gasteiger partial charge in [0.05, 0.1) is 12.2 Å². The normalized spacial score (nSPS) is 18.5. The standard InChI is InChI=1S/C21H22N2O4/c1-14-21(25)23(11-12-26-17-5-3-2-4-6-17)18-13-16(9-10-19(18)27-14)22-20(24)15-7-8-15/h2-6,9-10,13-15H,7-8,11-12H2,1H3,(H,22,24). The maximum Gasteiger partial charge on any atom is 0.267 e. The first kappa shape index (κ1) is 17.4. The molecule has 2 amide bonds. The molecule has 2 aromatic carbocycles. The average Bonchev–Trinajstić information content (AvgIpc) is 3.51. The minimum atomic E-state index is -0.555. The predicted molar refractivity (Wildman–Crippen MR) is 102 cm³/mol. The minimum absolute atomic E-state index is 0.0327. The highest BCUT2D eigenvalue weighted by molar-refractivity contribution is 6.01. The van der Waals surface area contributed by atoms with Crippen LogP contribution in [0.15, 0.2) is 48.5 Å². The first-order valence-corrected chi connectivity index (χ1v) is 9.22. The van der Waals surface area contributed by atoms with Gasteiger partial charge >= 0.3 is 0 Å². The molecule has 6 heteroatoms. The summed E-state index contributed by atoms with van der Waals surface area (Å²) < 4.78 is 11.5. The van der Waals surface area contributed by atoms with E-state index in [1.54, 1.807) is 30.0 Å². The lowest BCUT2D eigenvalue weighted by Crippen LogP contribution is -2.46. The molecular weight excluding hydrogens is 344 g/mol. The summed E-state index contributed by atoms with van der Waals surface area (Å²) >= 11 is 0. The summed E-state index contributed by atoms with van der Waals surface area (Å²) in [7, 11) is 0. The van der Waals surface area contributed by atoms with Crippen molar-refractivity contribution in [3.63, 3.8) is 0 Å². The van der Waals surface area contributed by atoms with Gasteiger partial charge in [0.2, 0.25) is 5.91 Å². The van der Waals surface area contributed by atoms with Crippen LogP contribution in [0.5, 0.6) is 11.5 Å². The van der Waals surface area contributed by atoms with E-state index in [1.807, 2.05) is 30.3 Å². The Kier molecular flexibility index (Phi) is 4.71. The van der Waals surface area contributed by atoms with Gasteiger partial charge < -0.3 is 19.7 Å². The number of nitrogens with one attached hydrogen (secondary N) is 1. The molecule has 1 atom stereocenters. The van der Waals surface area contributed by atoms with Crippen LogP contribution in [0.3, 0.4) is 0 Å². The molecule has 0 bridgehead atoms. The number of benzene rings is 2. The summed E-state index contributed by atoms with van der Waals surface area (Å²) in [6.07, 6.45) is 1.33. The monoisotopic (exact) mass is 366 g/mol. The van der Waals surface area contributed by atoms with Crippen molar-refractivity contribution >= 4 is 23.2 Å². The molecule has 1 aliphatic carbocycles. The van der Waals surface area contributed by atoms with E-state index >= 15 is 0 Å². The molecule has 1 fully saturated rings. The number of anilines is 2. The topological polar surface area (TPSA) is 67.9 Å². The van der Waals surface area contributed by atoms with Crippen molar-refractivity contribution in [2.45, 2.75) is 25.9 Å². The number of carbonyl (C=O) groups excluding carboxylic acids is 2.